The Bertz CT molecular complexity index is 361. The van der Waals surface area contributed by atoms with Crippen molar-refractivity contribution in [3.8, 4) is 0 Å². The van der Waals surface area contributed by atoms with Crippen LogP contribution < -0.4 is 0 Å². The van der Waals surface area contributed by atoms with Crippen molar-refractivity contribution in [3.63, 3.8) is 0 Å². The van der Waals surface area contributed by atoms with Crippen molar-refractivity contribution in [2.75, 3.05) is 5.75 Å². The van der Waals surface area contributed by atoms with E-state index in [0.29, 0.717) is 0 Å². The predicted molar refractivity (Wildman–Crippen MR) is 60.3 cm³/mol. The number of para-hydroxylation sites is 1. The first-order chi connectivity index (χ1) is 6.40. The van der Waals surface area contributed by atoms with Gasteiger partial charge in [0.15, 0.2) is 4.34 Å². The van der Waals surface area contributed by atoms with Crippen LogP contribution >= 0.6 is 23.1 Å². The number of rotatable bonds is 3. The Hall–Kier alpha value is -0.540. The Labute approximate surface area is 86.2 Å². The quantitative estimate of drug-likeness (QED) is 0.715. The van der Waals surface area contributed by atoms with Crippen LogP contribution in [0.15, 0.2) is 28.6 Å². The maximum atomic E-state index is 4.51. The molecule has 0 atom stereocenters. The number of hydrogen-bond acceptors (Lipinski definition) is 3. The molecule has 2 rings (SSSR count). The molecule has 2 aromatic rings. The molecule has 0 N–H and O–H groups in total. The van der Waals surface area contributed by atoms with Gasteiger partial charge in [-0.1, -0.05) is 30.8 Å². The van der Waals surface area contributed by atoms with Crippen LogP contribution in [0, 0.1) is 6.42 Å². The second-order valence-electron chi connectivity index (χ2n) is 2.67. The Morgan fingerprint density at radius 1 is 1.46 bits per heavy atom. The van der Waals surface area contributed by atoms with Gasteiger partial charge in [-0.05, 0) is 18.6 Å². The highest BCUT2D eigenvalue weighted by atomic mass is 32.2. The molecule has 1 heterocycles. The minimum absolute atomic E-state index is 1.04. The molecule has 0 aliphatic heterocycles. The number of aromatic nitrogens is 1. The molecule has 0 unspecified atom stereocenters. The third kappa shape index (κ3) is 2.03. The molecule has 0 aliphatic carbocycles. The summed E-state index contributed by atoms with van der Waals surface area (Å²) in [5.74, 6) is 1.04. The molecule has 0 amide bonds. The average molecular weight is 208 g/mol. The fourth-order valence-electron chi connectivity index (χ4n) is 1.07. The third-order valence-corrected chi connectivity index (χ3v) is 3.92. The van der Waals surface area contributed by atoms with Crippen LogP contribution in [0.25, 0.3) is 10.2 Å². The Morgan fingerprint density at radius 2 is 2.31 bits per heavy atom. The molecule has 0 aliphatic rings. The van der Waals surface area contributed by atoms with Crippen molar-refractivity contribution in [1.29, 1.82) is 0 Å². The van der Waals surface area contributed by atoms with Gasteiger partial charge in [0, 0.05) is 5.75 Å². The molecule has 67 valence electrons. The van der Waals surface area contributed by atoms with E-state index in [1.165, 1.54) is 9.04 Å². The summed E-state index contributed by atoms with van der Waals surface area (Å²) in [7, 11) is 0. The SMILES string of the molecule is C[CH]CSc1nc2ccccc2s1. The number of thiazole rings is 1. The van der Waals surface area contributed by atoms with Gasteiger partial charge in [0.2, 0.25) is 0 Å². The Balaban J connectivity index is 2.28. The van der Waals surface area contributed by atoms with Gasteiger partial charge in [0.1, 0.15) is 0 Å². The summed E-state index contributed by atoms with van der Waals surface area (Å²) in [4.78, 5) is 4.51. The zero-order valence-electron chi connectivity index (χ0n) is 7.36. The molecular weight excluding hydrogens is 198 g/mol. The van der Waals surface area contributed by atoms with E-state index in [1.807, 2.05) is 6.07 Å². The van der Waals surface area contributed by atoms with Crippen LogP contribution in [-0.2, 0) is 0 Å². The first-order valence-corrected chi connectivity index (χ1v) is 5.96. The number of benzene rings is 1. The smallest absolute Gasteiger partial charge is 0.151 e. The van der Waals surface area contributed by atoms with Crippen molar-refractivity contribution in [1.82, 2.24) is 4.98 Å². The van der Waals surface area contributed by atoms with Gasteiger partial charge < -0.3 is 0 Å². The molecule has 1 aromatic carbocycles. The highest BCUT2D eigenvalue weighted by Gasteiger charge is 2.01. The Morgan fingerprint density at radius 3 is 3.08 bits per heavy atom. The molecule has 0 saturated heterocycles. The predicted octanol–water partition coefficient (Wildman–Crippen LogP) is 3.61. The van der Waals surface area contributed by atoms with E-state index in [-0.39, 0.29) is 0 Å². The van der Waals surface area contributed by atoms with Gasteiger partial charge in [0.25, 0.3) is 0 Å². The number of thioether (sulfide) groups is 1. The zero-order chi connectivity index (χ0) is 9.10. The van der Waals surface area contributed by atoms with Gasteiger partial charge in [-0.25, -0.2) is 4.98 Å². The van der Waals surface area contributed by atoms with Gasteiger partial charge in [-0.15, -0.1) is 11.3 Å². The lowest BCUT2D eigenvalue weighted by Gasteiger charge is -1.89. The topological polar surface area (TPSA) is 12.9 Å². The summed E-state index contributed by atoms with van der Waals surface area (Å²) in [5.41, 5.74) is 1.12. The van der Waals surface area contributed by atoms with Crippen LogP contribution in [0.3, 0.4) is 0 Å². The fraction of sp³-hybridized carbons (Fsp3) is 0.200. The van der Waals surface area contributed by atoms with Gasteiger partial charge >= 0.3 is 0 Å². The minimum atomic E-state index is 1.04. The normalized spacial score (nSPS) is 10.8. The number of hydrogen-bond donors (Lipinski definition) is 0. The Kier molecular flexibility index (Phi) is 2.86. The van der Waals surface area contributed by atoms with Crippen molar-refractivity contribution in [2.45, 2.75) is 11.3 Å². The number of nitrogens with zero attached hydrogens (tertiary/aromatic N) is 1. The summed E-state index contributed by atoms with van der Waals surface area (Å²) < 4.78 is 2.44. The second kappa shape index (κ2) is 4.11. The van der Waals surface area contributed by atoms with E-state index in [1.54, 1.807) is 23.1 Å². The van der Waals surface area contributed by atoms with E-state index < -0.39 is 0 Å². The lowest BCUT2D eigenvalue weighted by Crippen LogP contribution is -1.73. The maximum Gasteiger partial charge on any atom is 0.151 e. The molecule has 0 bridgehead atoms. The van der Waals surface area contributed by atoms with Gasteiger partial charge in [-0.2, -0.15) is 0 Å². The van der Waals surface area contributed by atoms with E-state index in [4.69, 9.17) is 0 Å². The average Bonchev–Trinajstić information content (AvgIpc) is 2.57. The largest absolute Gasteiger partial charge is 0.230 e. The third-order valence-electron chi connectivity index (χ3n) is 1.65. The van der Waals surface area contributed by atoms with Crippen LogP contribution in [0.2, 0.25) is 0 Å². The first kappa shape index (κ1) is 9.03. The lowest BCUT2D eigenvalue weighted by atomic mass is 10.3. The molecule has 0 saturated carbocycles. The second-order valence-corrected chi connectivity index (χ2v) is 4.96. The standard InChI is InChI=1S/C10H10NS2/c1-2-7-12-10-11-8-5-3-4-6-9(8)13-10/h2-6H,7H2,1H3. The molecule has 0 fully saturated rings. The van der Waals surface area contributed by atoms with E-state index in [2.05, 4.69) is 36.5 Å². The van der Waals surface area contributed by atoms with Crippen molar-refractivity contribution in [3.05, 3.63) is 30.7 Å². The minimum Gasteiger partial charge on any atom is -0.230 e. The summed E-state index contributed by atoms with van der Waals surface area (Å²) in [6.07, 6.45) is 2.15. The fourth-order valence-corrected chi connectivity index (χ4v) is 2.95. The summed E-state index contributed by atoms with van der Waals surface area (Å²) in [5, 5.41) is 0. The molecule has 1 aromatic heterocycles. The van der Waals surface area contributed by atoms with Crippen molar-refractivity contribution >= 4 is 33.3 Å². The molecular formula is C10H10NS2. The van der Waals surface area contributed by atoms with Gasteiger partial charge in [0.05, 0.1) is 10.2 Å². The molecule has 0 spiro atoms. The molecule has 1 radical (unpaired) electrons. The maximum absolute atomic E-state index is 4.51. The van der Waals surface area contributed by atoms with E-state index >= 15 is 0 Å². The van der Waals surface area contributed by atoms with E-state index in [0.717, 1.165) is 11.3 Å². The highest BCUT2D eigenvalue weighted by molar-refractivity contribution is 8.01. The van der Waals surface area contributed by atoms with E-state index in [9.17, 15) is 0 Å². The number of fused-ring (bicyclic) bond motifs is 1. The van der Waals surface area contributed by atoms with Crippen LogP contribution in [0.4, 0.5) is 0 Å². The molecule has 13 heavy (non-hydrogen) atoms. The first-order valence-electron chi connectivity index (χ1n) is 4.16. The monoisotopic (exact) mass is 208 g/mol. The van der Waals surface area contributed by atoms with Crippen molar-refractivity contribution < 1.29 is 0 Å². The highest BCUT2D eigenvalue weighted by Crippen LogP contribution is 2.29. The summed E-state index contributed by atoms with van der Waals surface area (Å²) in [6, 6.07) is 8.27. The summed E-state index contributed by atoms with van der Waals surface area (Å²) >= 11 is 3.57. The lowest BCUT2D eigenvalue weighted by molar-refractivity contribution is 1.29. The molecule has 1 nitrogen and oxygen atoms in total. The van der Waals surface area contributed by atoms with Gasteiger partial charge in [-0.3, -0.25) is 0 Å². The van der Waals surface area contributed by atoms with Crippen LogP contribution in [0.5, 0.6) is 0 Å². The summed E-state index contributed by atoms with van der Waals surface area (Å²) in [6.45, 7) is 2.07. The van der Waals surface area contributed by atoms with Crippen molar-refractivity contribution in [2.24, 2.45) is 0 Å². The zero-order valence-corrected chi connectivity index (χ0v) is 8.99. The molecule has 3 heteroatoms. The van der Waals surface area contributed by atoms with Crippen LogP contribution in [0.1, 0.15) is 6.92 Å². The van der Waals surface area contributed by atoms with Crippen LogP contribution in [-0.4, -0.2) is 10.7 Å².